The Hall–Kier alpha value is -2.23. The number of ether oxygens (including phenoxy) is 1. The first-order chi connectivity index (χ1) is 12.4. The minimum absolute atomic E-state index is 0.155. The Kier molecular flexibility index (Phi) is 5.70. The Labute approximate surface area is 152 Å². The number of thioether (sulfide) groups is 1. The Balaban J connectivity index is 1.55. The molecule has 0 unspecified atom stereocenters. The highest BCUT2D eigenvalue weighted by atomic mass is 32.2. The molecule has 1 heterocycles. The molecule has 10 heteroatoms. The Bertz CT molecular complexity index is 748. The maximum absolute atomic E-state index is 12.0. The molecule has 26 heavy (non-hydrogen) atoms. The van der Waals surface area contributed by atoms with Crippen molar-refractivity contribution in [3.63, 3.8) is 0 Å². The molecule has 140 valence electrons. The van der Waals surface area contributed by atoms with Crippen LogP contribution in [0.4, 0.5) is 18.0 Å². The minimum atomic E-state index is -4.53. The summed E-state index contributed by atoms with van der Waals surface area (Å²) in [6.07, 6.45) is -3.45. The summed E-state index contributed by atoms with van der Waals surface area (Å²) in [7, 11) is 0. The van der Waals surface area contributed by atoms with Gasteiger partial charge in [0.1, 0.15) is 5.82 Å². The quantitative estimate of drug-likeness (QED) is 0.582. The van der Waals surface area contributed by atoms with Crippen LogP contribution in [0, 0.1) is 0 Å². The number of para-hydroxylation sites is 1. The molecular formula is C16H17F3N4O2S. The van der Waals surface area contributed by atoms with Gasteiger partial charge in [0.25, 0.3) is 0 Å². The third kappa shape index (κ3) is 5.13. The molecule has 0 radical (unpaired) electrons. The van der Waals surface area contributed by atoms with Crippen molar-refractivity contribution in [1.82, 2.24) is 20.1 Å². The molecule has 3 rings (SSSR count). The van der Waals surface area contributed by atoms with Crippen molar-refractivity contribution in [2.24, 2.45) is 0 Å². The summed E-state index contributed by atoms with van der Waals surface area (Å²) < 4.78 is 42.0. The van der Waals surface area contributed by atoms with Crippen LogP contribution in [0.1, 0.15) is 24.6 Å². The number of alkyl carbamates (subject to hydrolysis) is 1. The van der Waals surface area contributed by atoms with Gasteiger partial charge in [-0.3, -0.25) is 4.57 Å². The van der Waals surface area contributed by atoms with E-state index in [9.17, 15) is 18.0 Å². The van der Waals surface area contributed by atoms with Crippen LogP contribution >= 0.6 is 11.8 Å². The molecule has 6 nitrogen and oxygen atoms in total. The fourth-order valence-corrected chi connectivity index (χ4v) is 3.11. The van der Waals surface area contributed by atoms with Crippen molar-refractivity contribution in [2.45, 2.75) is 30.1 Å². The van der Waals surface area contributed by atoms with E-state index in [1.165, 1.54) is 11.8 Å². The van der Waals surface area contributed by atoms with Crippen LogP contribution in [0.2, 0.25) is 0 Å². The molecule has 1 N–H and O–H groups in total. The lowest BCUT2D eigenvalue weighted by Crippen LogP contribution is -2.30. The summed E-state index contributed by atoms with van der Waals surface area (Å²) in [5, 5.41) is 11.5. The van der Waals surface area contributed by atoms with Crippen LogP contribution in [-0.2, 0) is 4.74 Å². The second-order valence-electron chi connectivity index (χ2n) is 5.75. The highest BCUT2D eigenvalue weighted by Crippen LogP contribution is 2.41. The largest absolute Gasteiger partial charge is 0.440 e. The number of carbonyl (C=O) groups is 1. The molecule has 0 bridgehead atoms. The van der Waals surface area contributed by atoms with E-state index in [1.807, 2.05) is 34.9 Å². The maximum atomic E-state index is 12.0. The number of carbonyl (C=O) groups excluding carboxylic acids is 1. The predicted molar refractivity (Wildman–Crippen MR) is 89.5 cm³/mol. The molecule has 0 atom stereocenters. The summed E-state index contributed by atoms with van der Waals surface area (Å²) in [5.41, 5.74) is 0.958. The van der Waals surface area contributed by atoms with E-state index in [-0.39, 0.29) is 6.54 Å². The van der Waals surface area contributed by atoms with Crippen LogP contribution in [0.25, 0.3) is 5.69 Å². The molecule has 0 saturated heterocycles. The molecule has 2 aromatic rings. The summed E-state index contributed by atoms with van der Waals surface area (Å²) in [4.78, 5) is 11.2. The van der Waals surface area contributed by atoms with Crippen molar-refractivity contribution >= 4 is 17.9 Å². The predicted octanol–water partition coefficient (Wildman–Crippen LogP) is 3.53. The van der Waals surface area contributed by atoms with E-state index in [2.05, 4.69) is 20.3 Å². The zero-order valence-electron chi connectivity index (χ0n) is 13.7. The highest BCUT2D eigenvalue weighted by molar-refractivity contribution is 7.99. The lowest BCUT2D eigenvalue weighted by molar-refractivity contribution is -0.160. The van der Waals surface area contributed by atoms with Gasteiger partial charge >= 0.3 is 12.3 Å². The van der Waals surface area contributed by atoms with E-state index in [4.69, 9.17) is 0 Å². The first kappa shape index (κ1) is 18.6. The molecule has 1 saturated carbocycles. The van der Waals surface area contributed by atoms with Crippen molar-refractivity contribution in [3.8, 4) is 5.69 Å². The molecule has 1 aliphatic rings. The van der Waals surface area contributed by atoms with Gasteiger partial charge in [0.15, 0.2) is 11.8 Å². The van der Waals surface area contributed by atoms with E-state index in [1.54, 1.807) is 0 Å². The van der Waals surface area contributed by atoms with Crippen molar-refractivity contribution in [3.05, 3.63) is 36.2 Å². The number of nitrogens with one attached hydrogen (secondary N) is 1. The second-order valence-corrected chi connectivity index (χ2v) is 6.81. The Morgan fingerprint density at radius 3 is 2.65 bits per heavy atom. The van der Waals surface area contributed by atoms with Gasteiger partial charge in [-0.1, -0.05) is 30.0 Å². The maximum Gasteiger partial charge on any atom is 0.422 e. The first-order valence-electron chi connectivity index (χ1n) is 8.05. The number of amides is 1. The zero-order valence-corrected chi connectivity index (χ0v) is 14.5. The lowest BCUT2D eigenvalue weighted by Gasteiger charge is -2.10. The number of hydrogen-bond acceptors (Lipinski definition) is 5. The molecule has 1 amide bonds. The van der Waals surface area contributed by atoms with Gasteiger partial charge in [0.2, 0.25) is 0 Å². The molecular weight excluding hydrogens is 369 g/mol. The molecule has 0 spiro atoms. The average molecular weight is 386 g/mol. The SMILES string of the molecule is O=C(NCCSc1nnc(C2CC2)n1-c1ccccc1)OCC(F)(F)F. The van der Waals surface area contributed by atoms with Gasteiger partial charge < -0.3 is 10.1 Å². The molecule has 1 aromatic carbocycles. The number of halogens is 3. The number of benzene rings is 1. The van der Waals surface area contributed by atoms with Crippen molar-refractivity contribution < 1.29 is 22.7 Å². The van der Waals surface area contributed by atoms with E-state index >= 15 is 0 Å². The standard InChI is InChI=1S/C16H17F3N4O2S/c17-16(18,19)10-25-15(24)20-8-9-26-14-22-21-13(11-6-7-11)23(14)12-4-2-1-3-5-12/h1-5,11H,6-10H2,(H,20,24). The Morgan fingerprint density at radius 2 is 2.00 bits per heavy atom. The third-order valence-corrected chi connectivity index (χ3v) is 4.52. The topological polar surface area (TPSA) is 69.0 Å². The summed E-state index contributed by atoms with van der Waals surface area (Å²) in [5.74, 6) is 1.75. The van der Waals surface area contributed by atoms with E-state index in [0.717, 1.165) is 24.4 Å². The number of alkyl halides is 3. The first-order valence-corrected chi connectivity index (χ1v) is 9.03. The van der Waals surface area contributed by atoms with E-state index < -0.39 is 18.9 Å². The monoisotopic (exact) mass is 386 g/mol. The number of nitrogens with zero attached hydrogens (tertiary/aromatic N) is 3. The average Bonchev–Trinajstić information content (AvgIpc) is 3.37. The van der Waals surface area contributed by atoms with Gasteiger partial charge in [0, 0.05) is 23.9 Å². The van der Waals surface area contributed by atoms with Crippen LogP contribution < -0.4 is 5.32 Å². The smallest absolute Gasteiger partial charge is 0.422 e. The van der Waals surface area contributed by atoms with Gasteiger partial charge in [-0.05, 0) is 25.0 Å². The molecule has 0 aliphatic heterocycles. The lowest BCUT2D eigenvalue weighted by atomic mass is 10.3. The van der Waals surface area contributed by atoms with Gasteiger partial charge in [0.05, 0.1) is 0 Å². The molecule has 1 aliphatic carbocycles. The normalized spacial score (nSPS) is 14.3. The zero-order chi connectivity index (χ0) is 18.6. The fraction of sp³-hybridized carbons (Fsp3) is 0.438. The second kappa shape index (κ2) is 7.98. The summed E-state index contributed by atoms with van der Waals surface area (Å²) in [6.45, 7) is -1.44. The van der Waals surface area contributed by atoms with Crippen molar-refractivity contribution in [2.75, 3.05) is 18.9 Å². The van der Waals surface area contributed by atoms with Gasteiger partial charge in [-0.25, -0.2) is 4.79 Å². The minimum Gasteiger partial charge on any atom is -0.440 e. The number of hydrogen-bond donors (Lipinski definition) is 1. The third-order valence-electron chi connectivity index (χ3n) is 3.58. The van der Waals surface area contributed by atoms with Crippen molar-refractivity contribution in [1.29, 1.82) is 0 Å². The number of rotatable bonds is 7. The number of aromatic nitrogens is 3. The van der Waals surface area contributed by atoms with Gasteiger partial charge in [-0.2, -0.15) is 13.2 Å². The molecule has 1 aromatic heterocycles. The highest BCUT2D eigenvalue weighted by Gasteiger charge is 2.31. The van der Waals surface area contributed by atoms with Crippen LogP contribution in [-0.4, -0.2) is 45.9 Å². The van der Waals surface area contributed by atoms with Crippen LogP contribution in [0.5, 0.6) is 0 Å². The van der Waals surface area contributed by atoms with Crippen LogP contribution in [0.15, 0.2) is 35.5 Å². The summed E-state index contributed by atoms with van der Waals surface area (Å²) >= 11 is 1.37. The Morgan fingerprint density at radius 1 is 1.27 bits per heavy atom. The summed E-state index contributed by atoms with van der Waals surface area (Å²) in [6, 6.07) is 9.71. The van der Waals surface area contributed by atoms with Gasteiger partial charge in [-0.15, -0.1) is 10.2 Å². The van der Waals surface area contributed by atoms with E-state index in [0.29, 0.717) is 16.8 Å². The molecule has 1 fully saturated rings. The van der Waals surface area contributed by atoms with Crippen LogP contribution in [0.3, 0.4) is 0 Å². The fourth-order valence-electron chi connectivity index (χ4n) is 2.29.